The number of anilines is 1. The lowest BCUT2D eigenvalue weighted by atomic mass is 10.1. The van der Waals surface area contributed by atoms with Crippen LogP contribution in [-0.2, 0) is 0 Å². The predicted molar refractivity (Wildman–Crippen MR) is 72.8 cm³/mol. The molecule has 0 spiro atoms. The number of carbonyl (C=O) groups is 1. The smallest absolute Gasteiger partial charge is 0.383 e. The Labute approximate surface area is 116 Å². The number of amides is 1. The molecule has 0 fully saturated rings. The van der Waals surface area contributed by atoms with E-state index in [1.54, 1.807) is 31.3 Å². The van der Waals surface area contributed by atoms with E-state index in [1.165, 1.54) is 0 Å². The lowest BCUT2D eigenvalue weighted by Gasteiger charge is -2.16. The van der Waals surface area contributed by atoms with Crippen LogP contribution in [0.1, 0.15) is 36.5 Å². The molecule has 3 nitrogen and oxygen atoms in total. The number of halogens is 3. The first-order valence-electron chi connectivity index (χ1n) is 6.47. The number of alkyl halides is 3. The Morgan fingerprint density at radius 1 is 1.35 bits per heavy atom. The maximum Gasteiger partial charge on any atom is 0.389 e. The number of benzene rings is 1. The van der Waals surface area contributed by atoms with Crippen LogP contribution >= 0.6 is 0 Å². The van der Waals surface area contributed by atoms with Gasteiger partial charge in [-0.3, -0.25) is 4.79 Å². The third kappa shape index (κ3) is 5.95. The molecule has 0 aromatic heterocycles. The van der Waals surface area contributed by atoms with Crippen LogP contribution in [0.3, 0.4) is 0 Å². The summed E-state index contributed by atoms with van der Waals surface area (Å²) in [6.45, 7) is 1.82. The maximum absolute atomic E-state index is 12.0. The molecule has 0 aliphatic rings. The summed E-state index contributed by atoms with van der Waals surface area (Å²) in [6, 6.07) is 6.79. The molecule has 0 aliphatic carbocycles. The summed E-state index contributed by atoms with van der Waals surface area (Å²) < 4.78 is 36.1. The first kappa shape index (κ1) is 16.3. The van der Waals surface area contributed by atoms with E-state index in [9.17, 15) is 18.0 Å². The van der Waals surface area contributed by atoms with Crippen molar-refractivity contribution in [2.45, 2.75) is 38.4 Å². The minimum absolute atomic E-state index is 0.0858. The molecular formula is C14H19F3N2O. The number of hydrogen-bond donors (Lipinski definition) is 2. The van der Waals surface area contributed by atoms with E-state index >= 15 is 0 Å². The number of rotatable bonds is 6. The SMILES string of the molecule is CNC(=O)c1cccc(NC(C)CCCC(F)(F)F)c1. The average Bonchev–Trinajstić information content (AvgIpc) is 2.36. The zero-order chi connectivity index (χ0) is 15.2. The van der Waals surface area contributed by atoms with Crippen molar-refractivity contribution in [3.8, 4) is 0 Å². The third-order valence-electron chi connectivity index (χ3n) is 2.86. The van der Waals surface area contributed by atoms with Crippen molar-refractivity contribution < 1.29 is 18.0 Å². The van der Waals surface area contributed by atoms with Gasteiger partial charge in [-0.2, -0.15) is 13.2 Å². The van der Waals surface area contributed by atoms with E-state index in [0.717, 1.165) is 5.69 Å². The molecule has 1 atom stereocenters. The molecule has 1 rings (SSSR count). The molecular weight excluding hydrogens is 269 g/mol. The highest BCUT2D eigenvalue weighted by Gasteiger charge is 2.26. The summed E-state index contributed by atoms with van der Waals surface area (Å²) in [5, 5.41) is 5.62. The Morgan fingerprint density at radius 2 is 2.05 bits per heavy atom. The number of nitrogens with one attached hydrogen (secondary N) is 2. The van der Waals surface area contributed by atoms with Crippen LogP contribution in [0.5, 0.6) is 0 Å². The van der Waals surface area contributed by atoms with Gasteiger partial charge >= 0.3 is 6.18 Å². The van der Waals surface area contributed by atoms with Gasteiger partial charge in [0.05, 0.1) is 0 Å². The van der Waals surface area contributed by atoms with Crippen molar-refractivity contribution >= 4 is 11.6 Å². The molecule has 0 radical (unpaired) electrons. The molecule has 1 amide bonds. The second-order valence-electron chi connectivity index (χ2n) is 4.71. The Kier molecular flexibility index (Phi) is 5.85. The predicted octanol–water partition coefficient (Wildman–Crippen LogP) is 3.58. The van der Waals surface area contributed by atoms with Gasteiger partial charge in [0.1, 0.15) is 0 Å². The zero-order valence-corrected chi connectivity index (χ0v) is 11.6. The van der Waals surface area contributed by atoms with Gasteiger partial charge in [-0.1, -0.05) is 6.07 Å². The van der Waals surface area contributed by atoms with Gasteiger partial charge in [-0.05, 0) is 38.0 Å². The first-order chi connectivity index (χ1) is 9.31. The first-order valence-corrected chi connectivity index (χ1v) is 6.47. The fraction of sp³-hybridized carbons (Fsp3) is 0.500. The number of carbonyl (C=O) groups excluding carboxylic acids is 1. The van der Waals surface area contributed by atoms with Gasteiger partial charge in [0.2, 0.25) is 0 Å². The average molecular weight is 288 g/mol. The van der Waals surface area contributed by atoms with Crippen LogP contribution in [0.15, 0.2) is 24.3 Å². The van der Waals surface area contributed by atoms with E-state index in [2.05, 4.69) is 10.6 Å². The molecule has 1 unspecified atom stereocenters. The van der Waals surface area contributed by atoms with Crippen molar-refractivity contribution in [3.63, 3.8) is 0 Å². The van der Waals surface area contributed by atoms with Crippen molar-refractivity contribution in [2.24, 2.45) is 0 Å². The molecule has 1 aromatic carbocycles. The van der Waals surface area contributed by atoms with Crippen LogP contribution in [0.4, 0.5) is 18.9 Å². The summed E-state index contributed by atoms with van der Waals surface area (Å²) in [5.74, 6) is -0.196. The highest BCUT2D eigenvalue weighted by molar-refractivity contribution is 5.94. The molecule has 0 bridgehead atoms. The summed E-state index contributed by atoms with van der Waals surface area (Å²) in [4.78, 5) is 11.5. The lowest BCUT2D eigenvalue weighted by molar-refractivity contribution is -0.135. The molecule has 0 saturated carbocycles. The molecule has 0 saturated heterocycles. The summed E-state index contributed by atoms with van der Waals surface area (Å²) in [6.07, 6.45) is -4.35. The van der Waals surface area contributed by atoms with Gasteiger partial charge in [0, 0.05) is 30.8 Å². The molecule has 112 valence electrons. The normalized spacial score (nSPS) is 12.8. The van der Waals surface area contributed by atoms with Crippen LogP contribution in [0.2, 0.25) is 0 Å². The van der Waals surface area contributed by atoms with Crippen molar-refractivity contribution in [1.82, 2.24) is 5.32 Å². The molecule has 6 heteroatoms. The van der Waals surface area contributed by atoms with Crippen LogP contribution in [0.25, 0.3) is 0 Å². The number of hydrogen-bond acceptors (Lipinski definition) is 2. The van der Waals surface area contributed by atoms with Crippen LogP contribution in [0, 0.1) is 0 Å². The molecule has 0 heterocycles. The van der Waals surface area contributed by atoms with E-state index in [4.69, 9.17) is 0 Å². The molecule has 1 aromatic rings. The maximum atomic E-state index is 12.0. The Balaban J connectivity index is 2.49. The standard InChI is InChI=1S/C14H19F3N2O/c1-10(5-4-8-14(15,16)17)19-12-7-3-6-11(9-12)13(20)18-2/h3,6-7,9-10,19H,4-5,8H2,1-2H3,(H,18,20). The minimum Gasteiger partial charge on any atom is -0.383 e. The highest BCUT2D eigenvalue weighted by atomic mass is 19.4. The molecule has 20 heavy (non-hydrogen) atoms. The summed E-state index contributed by atoms with van der Waals surface area (Å²) in [7, 11) is 1.54. The largest absolute Gasteiger partial charge is 0.389 e. The van der Waals surface area contributed by atoms with E-state index in [0.29, 0.717) is 12.0 Å². The zero-order valence-electron chi connectivity index (χ0n) is 11.6. The van der Waals surface area contributed by atoms with Gasteiger partial charge < -0.3 is 10.6 Å². The van der Waals surface area contributed by atoms with E-state index < -0.39 is 12.6 Å². The molecule has 0 aliphatic heterocycles. The van der Waals surface area contributed by atoms with Crippen LogP contribution in [-0.4, -0.2) is 25.2 Å². The second kappa shape index (κ2) is 7.17. The Bertz CT molecular complexity index is 446. The topological polar surface area (TPSA) is 41.1 Å². The van der Waals surface area contributed by atoms with Crippen LogP contribution < -0.4 is 10.6 Å². The van der Waals surface area contributed by atoms with Gasteiger partial charge in [0.15, 0.2) is 0 Å². The molecule has 2 N–H and O–H groups in total. The van der Waals surface area contributed by atoms with Gasteiger partial charge in [-0.15, -0.1) is 0 Å². The van der Waals surface area contributed by atoms with E-state index in [1.807, 2.05) is 6.92 Å². The summed E-state index contributed by atoms with van der Waals surface area (Å²) >= 11 is 0. The van der Waals surface area contributed by atoms with Gasteiger partial charge in [-0.25, -0.2) is 0 Å². The Morgan fingerprint density at radius 3 is 2.65 bits per heavy atom. The minimum atomic E-state index is -4.10. The van der Waals surface area contributed by atoms with E-state index in [-0.39, 0.29) is 18.4 Å². The summed E-state index contributed by atoms with van der Waals surface area (Å²) in [5.41, 5.74) is 1.24. The third-order valence-corrected chi connectivity index (χ3v) is 2.86. The van der Waals surface area contributed by atoms with Crippen molar-refractivity contribution in [3.05, 3.63) is 29.8 Å². The fourth-order valence-electron chi connectivity index (χ4n) is 1.86. The lowest BCUT2D eigenvalue weighted by Crippen LogP contribution is -2.19. The second-order valence-corrected chi connectivity index (χ2v) is 4.71. The fourth-order valence-corrected chi connectivity index (χ4v) is 1.86. The van der Waals surface area contributed by atoms with Crippen molar-refractivity contribution in [1.29, 1.82) is 0 Å². The van der Waals surface area contributed by atoms with Gasteiger partial charge in [0.25, 0.3) is 5.91 Å². The van der Waals surface area contributed by atoms with Crippen molar-refractivity contribution in [2.75, 3.05) is 12.4 Å². The monoisotopic (exact) mass is 288 g/mol. The quantitative estimate of drug-likeness (QED) is 0.840. The Hall–Kier alpha value is -1.72. The highest BCUT2D eigenvalue weighted by Crippen LogP contribution is 2.23.